The smallest absolute Gasteiger partial charge is 0.174 e. The van der Waals surface area contributed by atoms with Crippen molar-refractivity contribution < 1.29 is 9.53 Å². The molecular weight excluding hydrogens is 262 g/mol. The zero-order valence-electron chi connectivity index (χ0n) is 11.5. The lowest BCUT2D eigenvalue weighted by Gasteiger charge is -2.26. The number of ketones is 1. The Morgan fingerprint density at radius 3 is 3.00 bits per heavy atom. The van der Waals surface area contributed by atoms with Gasteiger partial charge in [-0.25, -0.2) is 0 Å². The van der Waals surface area contributed by atoms with Crippen molar-refractivity contribution in [3.05, 3.63) is 28.3 Å². The molecule has 0 saturated carbocycles. The molecule has 1 aromatic rings. The summed E-state index contributed by atoms with van der Waals surface area (Å²) < 4.78 is 5.68. The van der Waals surface area contributed by atoms with Gasteiger partial charge in [-0.15, -0.1) is 0 Å². The Morgan fingerprint density at radius 2 is 2.26 bits per heavy atom. The van der Waals surface area contributed by atoms with E-state index in [1.54, 1.807) is 6.07 Å². The lowest BCUT2D eigenvalue weighted by atomic mass is 9.92. The van der Waals surface area contributed by atoms with Gasteiger partial charge in [-0.1, -0.05) is 31.0 Å². The van der Waals surface area contributed by atoms with Crippen LogP contribution < -0.4 is 10.1 Å². The first kappa shape index (κ1) is 14.4. The van der Waals surface area contributed by atoms with E-state index in [9.17, 15) is 4.79 Å². The van der Waals surface area contributed by atoms with Gasteiger partial charge in [-0.05, 0) is 31.5 Å². The van der Waals surface area contributed by atoms with Crippen LogP contribution in [0.3, 0.4) is 0 Å². The van der Waals surface area contributed by atoms with Gasteiger partial charge in [0.25, 0.3) is 0 Å². The lowest BCUT2D eigenvalue weighted by Crippen LogP contribution is -2.37. The first-order valence-electron chi connectivity index (χ1n) is 6.82. The van der Waals surface area contributed by atoms with Gasteiger partial charge in [0.15, 0.2) is 5.78 Å². The molecule has 1 heterocycles. The minimum atomic E-state index is -0.110. The number of Topliss-reactive ketones (excluding diaryl/α,β-unsaturated/α-hetero) is 1. The predicted octanol–water partition coefficient (Wildman–Crippen LogP) is 3.23. The molecule has 1 aromatic carbocycles. The number of fused-ring (bicyclic) bond motifs is 1. The van der Waals surface area contributed by atoms with Crippen LogP contribution in [0.2, 0.25) is 5.02 Å². The number of unbranched alkanes of at least 4 members (excludes halogenated alkanes) is 1. The van der Waals surface area contributed by atoms with Crippen LogP contribution in [0.4, 0.5) is 0 Å². The topological polar surface area (TPSA) is 38.3 Å². The number of halogens is 1. The van der Waals surface area contributed by atoms with E-state index in [1.165, 1.54) is 0 Å². The van der Waals surface area contributed by atoms with Crippen molar-refractivity contribution >= 4 is 17.4 Å². The Bertz CT molecular complexity index is 473. The highest BCUT2D eigenvalue weighted by Crippen LogP contribution is 2.36. The zero-order chi connectivity index (χ0) is 13.8. The minimum absolute atomic E-state index is 0.110. The van der Waals surface area contributed by atoms with Crippen LogP contribution in [-0.4, -0.2) is 25.5 Å². The molecule has 0 saturated heterocycles. The number of hydrogen-bond acceptors (Lipinski definition) is 3. The fourth-order valence-electron chi connectivity index (χ4n) is 2.30. The lowest BCUT2D eigenvalue weighted by molar-refractivity contribution is 0.0829. The molecule has 0 unspecified atom stereocenters. The molecular formula is C15H20ClNO2. The average Bonchev–Trinajstić information content (AvgIpc) is 2.40. The molecule has 1 aliphatic heterocycles. The Morgan fingerprint density at radius 1 is 1.47 bits per heavy atom. The van der Waals surface area contributed by atoms with Crippen LogP contribution >= 0.6 is 11.6 Å². The molecule has 0 bridgehead atoms. The summed E-state index contributed by atoms with van der Waals surface area (Å²) in [5.41, 5.74) is 1.59. The summed E-state index contributed by atoms with van der Waals surface area (Å²) in [7, 11) is 0. The normalized spacial score (nSPS) is 18.1. The third-order valence-electron chi connectivity index (χ3n) is 3.46. The van der Waals surface area contributed by atoms with E-state index in [0.29, 0.717) is 29.5 Å². The summed E-state index contributed by atoms with van der Waals surface area (Å²) in [6.45, 7) is 6.10. The molecule has 1 aliphatic rings. The predicted molar refractivity (Wildman–Crippen MR) is 77.3 cm³/mol. The van der Waals surface area contributed by atoms with Gasteiger partial charge in [0.2, 0.25) is 0 Å². The van der Waals surface area contributed by atoms with Gasteiger partial charge in [0.05, 0.1) is 23.1 Å². The summed E-state index contributed by atoms with van der Waals surface area (Å²) in [5.74, 6) is 0.586. The highest BCUT2D eigenvalue weighted by atomic mass is 35.5. The second-order valence-electron chi connectivity index (χ2n) is 5.00. The van der Waals surface area contributed by atoms with E-state index in [1.807, 2.05) is 13.0 Å². The van der Waals surface area contributed by atoms with Gasteiger partial charge >= 0.3 is 0 Å². The molecule has 1 N–H and O–H groups in total. The first-order chi connectivity index (χ1) is 9.15. The maximum Gasteiger partial charge on any atom is 0.174 e. The maximum absolute atomic E-state index is 12.5. The van der Waals surface area contributed by atoms with Gasteiger partial charge in [0.1, 0.15) is 5.75 Å². The Balaban J connectivity index is 2.09. The van der Waals surface area contributed by atoms with Crippen molar-refractivity contribution in [3.63, 3.8) is 0 Å². The molecule has 4 heteroatoms. The molecule has 104 valence electrons. The molecule has 0 spiro atoms. The van der Waals surface area contributed by atoms with Gasteiger partial charge < -0.3 is 10.1 Å². The molecule has 0 aromatic heterocycles. The standard InChI is InChI=1S/C15H20ClNO2/c1-3-4-7-17-8-11-9-19-15-12(16)6-5-10(2)13(15)14(11)18/h5-6,11,17H,3-4,7-9H2,1-2H3/t11-/m1/s1. The Hall–Kier alpha value is -1.06. The molecule has 0 fully saturated rings. The summed E-state index contributed by atoms with van der Waals surface area (Å²) in [5, 5.41) is 3.84. The minimum Gasteiger partial charge on any atom is -0.490 e. The summed E-state index contributed by atoms with van der Waals surface area (Å²) in [6, 6.07) is 3.65. The SMILES string of the molecule is CCCCNC[C@@H]1COc2c(Cl)ccc(C)c2C1=O. The molecule has 0 aliphatic carbocycles. The largest absolute Gasteiger partial charge is 0.490 e. The summed E-state index contributed by atoms with van der Waals surface area (Å²) in [4.78, 5) is 12.5. The van der Waals surface area contributed by atoms with E-state index in [0.717, 1.165) is 24.9 Å². The highest BCUT2D eigenvalue weighted by Gasteiger charge is 2.31. The van der Waals surface area contributed by atoms with E-state index in [4.69, 9.17) is 16.3 Å². The fraction of sp³-hybridized carbons (Fsp3) is 0.533. The summed E-state index contributed by atoms with van der Waals surface area (Å²) >= 11 is 6.08. The van der Waals surface area contributed by atoms with Crippen molar-refractivity contribution in [2.75, 3.05) is 19.7 Å². The quantitative estimate of drug-likeness (QED) is 0.842. The van der Waals surface area contributed by atoms with Crippen molar-refractivity contribution in [2.45, 2.75) is 26.7 Å². The number of benzene rings is 1. The number of nitrogens with one attached hydrogen (secondary N) is 1. The second-order valence-corrected chi connectivity index (χ2v) is 5.41. The van der Waals surface area contributed by atoms with Crippen molar-refractivity contribution in [1.82, 2.24) is 5.32 Å². The number of rotatable bonds is 5. The number of carbonyl (C=O) groups excluding carboxylic acids is 1. The van der Waals surface area contributed by atoms with Crippen LogP contribution in [0.5, 0.6) is 5.75 Å². The van der Waals surface area contributed by atoms with Gasteiger partial charge in [-0.2, -0.15) is 0 Å². The molecule has 1 atom stereocenters. The van der Waals surface area contributed by atoms with Crippen LogP contribution in [0, 0.1) is 12.8 Å². The number of aryl methyl sites for hydroxylation is 1. The second kappa shape index (κ2) is 6.40. The molecule has 0 amide bonds. The average molecular weight is 282 g/mol. The Kier molecular flexibility index (Phi) is 4.83. The molecule has 19 heavy (non-hydrogen) atoms. The molecule has 0 radical (unpaired) electrons. The van der Waals surface area contributed by atoms with E-state index >= 15 is 0 Å². The summed E-state index contributed by atoms with van der Waals surface area (Å²) in [6.07, 6.45) is 2.28. The fourth-order valence-corrected chi connectivity index (χ4v) is 2.51. The van der Waals surface area contributed by atoms with Gasteiger partial charge in [0, 0.05) is 6.54 Å². The van der Waals surface area contributed by atoms with Crippen LogP contribution in [-0.2, 0) is 0 Å². The maximum atomic E-state index is 12.5. The number of hydrogen-bond donors (Lipinski definition) is 1. The number of ether oxygens (including phenoxy) is 1. The third kappa shape index (κ3) is 3.10. The van der Waals surface area contributed by atoms with Crippen LogP contribution in [0.25, 0.3) is 0 Å². The molecule has 3 nitrogen and oxygen atoms in total. The van der Waals surface area contributed by atoms with Crippen molar-refractivity contribution in [1.29, 1.82) is 0 Å². The highest BCUT2D eigenvalue weighted by molar-refractivity contribution is 6.33. The van der Waals surface area contributed by atoms with E-state index in [-0.39, 0.29) is 11.7 Å². The van der Waals surface area contributed by atoms with Gasteiger partial charge in [-0.3, -0.25) is 4.79 Å². The third-order valence-corrected chi connectivity index (χ3v) is 3.76. The van der Waals surface area contributed by atoms with Crippen LogP contribution in [0.1, 0.15) is 35.7 Å². The van der Waals surface area contributed by atoms with Crippen molar-refractivity contribution in [2.24, 2.45) is 5.92 Å². The van der Waals surface area contributed by atoms with Crippen molar-refractivity contribution in [3.8, 4) is 5.75 Å². The zero-order valence-corrected chi connectivity index (χ0v) is 12.2. The number of carbonyl (C=O) groups is 1. The Labute approximate surface area is 119 Å². The van der Waals surface area contributed by atoms with Crippen LogP contribution in [0.15, 0.2) is 12.1 Å². The molecule has 2 rings (SSSR count). The van der Waals surface area contributed by atoms with E-state index in [2.05, 4.69) is 12.2 Å². The first-order valence-corrected chi connectivity index (χ1v) is 7.19. The monoisotopic (exact) mass is 281 g/mol. The van der Waals surface area contributed by atoms with E-state index < -0.39 is 0 Å².